The summed E-state index contributed by atoms with van der Waals surface area (Å²) in [6.07, 6.45) is 1.29. The van der Waals surface area contributed by atoms with E-state index in [2.05, 4.69) is 36.2 Å². The Hall–Kier alpha value is 0.620. The van der Waals surface area contributed by atoms with E-state index in [4.69, 9.17) is 4.74 Å². The predicted molar refractivity (Wildman–Crippen MR) is 67.6 cm³/mol. The van der Waals surface area contributed by atoms with Crippen molar-refractivity contribution < 1.29 is 4.74 Å². The lowest BCUT2D eigenvalue weighted by Gasteiger charge is -2.31. The smallest absolute Gasteiger partial charge is 0.0593 e. The Morgan fingerprint density at radius 1 is 1.50 bits per heavy atom. The molecular weight excluding hydrogens is 214 g/mol. The van der Waals surface area contributed by atoms with Gasteiger partial charge in [-0.15, -0.1) is 0 Å². The maximum Gasteiger partial charge on any atom is 0.0593 e. The Morgan fingerprint density at radius 3 is 3.07 bits per heavy atom. The summed E-state index contributed by atoms with van der Waals surface area (Å²) in [5, 5.41) is 0.841. The molecule has 0 bridgehead atoms. The van der Waals surface area contributed by atoms with Gasteiger partial charge in [-0.1, -0.05) is 6.92 Å². The van der Waals surface area contributed by atoms with Crippen molar-refractivity contribution in [2.75, 3.05) is 44.4 Å². The quantitative estimate of drug-likeness (QED) is 0.557. The van der Waals surface area contributed by atoms with E-state index >= 15 is 0 Å². The van der Waals surface area contributed by atoms with Crippen LogP contribution in [0.3, 0.4) is 0 Å². The average Bonchev–Trinajstić information content (AvgIpc) is 2.25. The third-order valence-electron chi connectivity index (χ3n) is 2.47. The van der Waals surface area contributed by atoms with E-state index < -0.39 is 0 Å². The van der Waals surface area contributed by atoms with Crippen molar-refractivity contribution in [2.45, 2.75) is 18.6 Å². The molecule has 0 aliphatic carbocycles. The van der Waals surface area contributed by atoms with Crippen molar-refractivity contribution in [1.29, 1.82) is 0 Å². The number of nitrogens with zero attached hydrogens (tertiary/aromatic N) is 1. The summed E-state index contributed by atoms with van der Waals surface area (Å²) in [5.74, 6) is 2.11. The van der Waals surface area contributed by atoms with E-state index in [0.29, 0.717) is 0 Å². The summed E-state index contributed by atoms with van der Waals surface area (Å²) in [5.41, 5.74) is 0. The minimum Gasteiger partial charge on any atom is -0.379 e. The molecule has 0 radical (unpaired) electrons. The van der Waals surface area contributed by atoms with E-state index in [1.165, 1.54) is 25.3 Å². The summed E-state index contributed by atoms with van der Waals surface area (Å²) in [4.78, 5) is 2.52. The van der Waals surface area contributed by atoms with Gasteiger partial charge in [0.15, 0.2) is 0 Å². The Balaban J connectivity index is 2.05. The van der Waals surface area contributed by atoms with E-state index in [0.717, 1.165) is 30.8 Å². The van der Waals surface area contributed by atoms with Gasteiger partial charge in [0.05, 0.1) is 13.2 Å². The molecule has 1 heterocycles. The molecule has 1 aliphatic rings. The maximum atomic E-state index is 5.43. The van der Waals surface area contributed by atoms with Gasteiger partial charge in [-0.25, -0.2) is 0 Å². The van der Waals surface area contributed by atoms with Crippen molar-refractivity contribution in [3.8, 4) is 0 Å². The lowest BCUT2D eigenvalue weighted by atomic mass is 10.3. The fourth-order valence-corrected chi connectivity index (χ4v) is 2.97. The molecular formula is C10H21NOS2. The van der Waals surface area contributed by atoms with Crippen LogP contribution >= 0.6 is 24.4 Å². The Morgan fingerprint density at radius 2 is 2.36 bits per heavy atom. The van der Waals surface area contributed by atoms with Gasteiger partial charge in [0, 0.05) is 36.4 Å². The van der Waals surface area contributed by atoms with Crippen LogP contribution in [0.25, 0.3) is 0 Å². The lowest BCUT2D eigenvalue weighted by molar-refractivity contribution is 0.116. The third-order valence-corrected chi connectivity index (χ3v) is 4.02. The van der Waals surface area contributed by atoms with Crippen molar-refractivity contribution in [1.82, 2.24) is 4.90 Å². The molecule has 1 saturated heterocycles. The summed E-state index contributed by atoms with van der Waals surface area (Å²) in [6, 6.07) is 0. The van der Waals surface area contributed by atoms with E-state index in [9.17, 15) is 0 Å². The summed E-state index contributed by atoms with van der Waals surface area (Å²) >= 11 is 6.22. The molecule has 1 unspecified atom stereocenters. The first-order valence-corrected chi connectivity index (χ1v) is 7.07. The minimum atomic E-state index is 0.781. The van der Waals surface area contributed by atoms with Gasteiger partial charge in [0.25, 0.3) is 0 Å². The van der Waals surface area contributed by atoms with Gasteiger partial charge in [0.1, 0.15) is 0 Å². The first-order chi connectivity index (χ1) is 6.86. The second-order valence-corrected chi connectivity index (χ2v) is 5.39. The maximum absolute atomic E-state index is 5.43. The summed E-state index contributed by atoms with van der Waals surface area (Å²) < 4.78 is 5.43. The monoisotopic (exact) mass is 235 g/mol. The van der Waals surface area contributed by atoms with Crippen molar-refractivity contribution in [3.05, 3.63) is 0 Å². The molecule has 1 fully saturated rings. The number of hydrogen-bond donors (Lipinski definition) is 1. The molecule has 0 saturated carbocycles. The highest BCUT2D eigenvalue weighted by molar-refractivity contribution is 8.00. The predicted octanol–water partition coefficient (Wildman–Crippen LogP) is 1.76. The van der Waals surface area contributed by atoms with Crippen LogP contribution in [-0.4, -0.2) is 54.5 Å². The molecule has 2 nitrogen and oxygen atoms in total. The standard InChI is InChI=1S/C10H21NOS2/c1-2-10-9-11(4-8-14-10)3-5-12-6-7-13/h10,13H,2-9H2,1H3. The Bertz CT molecular complexity index is 146. The molecule has 0 spiro atoms. The van der Waals surface area contributed by atoms with E-state index in [1.54, 1.807) is 0 Å². The van der Waals surface area contributed by atoms with Gasteiger partial charge in [-0.05, 0) is 6.42 Å². The highest BCUT2D eigenvalue weighted by Crippen LogP contribution is 2.20. The number of ether oxygens (including phenoxy) is 1. The van der Waals surface area contributed by atoms with Crippen LogP contribution in [-0.2, 0) is 4.74 Å². The fraction of sp³-hybridized carbons (Fsp3) is 1.00. The lowest BCUT2D eigenvalue weighted by Crippen LogP contribution is -2.39. The number of thioether (sulfide) groups is 1. The SMILES string of the molecule is CCC1CN(CCOCCS)CCS1. The van der Waals surface area contributed by atoms with Crippen LogP contribution in [0.2, 0.25) is 0 Å². The number of hydrogen-bond acceptors (Lipinski definition) is 4. The molecule has 14 heavy (non-hydrogen) atoms. The van der Waals surface area contributed by atoms with Crippen LogP contribution in [0.4, 0.5) is 0 Å². The molecule has 0 aromatic heterocycles. The van der Waals surface area contributed by atoms with Crippen molar-refractivity contribution in [3.63, 3.8) is 0 Å². The fourth-order valence-electron chi connectivity index (χ4n) is 1.59. The van der Waals surface area contributed by atoms with Crippen molar-refractivity contribution in [2.24, 2.45) is 0 Å². The number of thiol groups is 1. The second-order valence-electron chi connectivity index (χ2n) is 3.54. The normalized spacial score (nSPS) is 24.0. The first-order valence-electron chi connectivity index (χ1n) is 5.39. The van der Waals surface area contributed by atoms with Crippen LogP contribution in [0.5, 0.6) is 0 Å². The highest BCUT2D eigenvalue weighted by Gasteiger charge is 2.17. The molecule has 0 aromatic rings. The average molecular weight is 235 g/mol. The van der Waals surface area contributed by atoms with Crippen LogP contribution in [0.1, 0.15) is 13.3 Å². The first kappa shape index (κ1) is 12.7. The topological polar surface area (TPSA) is 12.5 Å². The van der Waals surface area contributed by atoms with E-state index in [1.807, 2.05) is 0 Å². The highest BCUT2D eigenvalue weighted by atomic mass is 32.2. The van der Waals surface area contributed by atoms with Gasteiger partial charge in [-0.2, -0.15) is 24.4 Å². The third kappa shape index (κ3) is 4.91. The zero-order valence-corrected chi connectivity index (χ0v) is 10.7. The van der Waals surface area contributed by atoms with Crippen molar-refractivity contribution >= 4 is 24.4 Å². The summed E-state index contributed by atoms with van der Waals surface area (Å²) in [7, 11) is 0. The molecule has 4 heteroatoms. The molecule has 1 aliphatic heterocycles. The van der Waals surface area contributed by atoms with E-state index in [-0.39, 0.29) is 0 Å². The van der Waals surface area contributed by atoms with Crippen LogP contribution in [0.15, 0.2) is 0 Å². The zero-order chi connectivity index (χ0) is 10.2. The molecule has 0 aromatic carbocycles. The molecule has 1 rings (SSSR count). The van der Waals surface area contributed by atoms with Gasteiger partial charge in [-0.3, -0.25) is 4.90 Å². The number of rotatable bonds is 6. The molecule has 0 N–H and O–H groups in total. The van der Waals surface area contributed by atoms with Gasteiger partial charge < -0.3 is 4.74 Å². The van der Waals surface area contributed by atoms with Crippen LogP contribution < -0.4 is 0 Å². The van der Waals surface area contributed by atoms with Crippen LogP contribution in [0, 0.1) is 0 Å². The molecule has 84 valence electrons. The second kappa shape index (κ2) is 7.85. The molecule has 1 atom stereocenters. The zero-order valence-electron chi connectivity index (χ0n) is 8.95. The Labute approximate surface area is 97.2 Å². The summed E-state index contributed by atoms with van der Waals surface area (Å²) in [6.45, 7) is 7.48. The minimum absolute atomic E-state index is 0.781. The van der Waals surface area contributed by atoms with Gasteiger partial charge >= 0.3 is 0 Å². The largest absolute Gasteiger partial charge is 0.379 e. The Kier molecular flexibility index (Phi) is 7.12. The molecule has 0 amide bonds. The van der Waals surface area contributed by atoms with Gasteiger partial charge in [0.2, 0.25) is 0 Å².